The number of halogens is 1. The third-order valence-corrected chi connectivity index (χ3v) is 6.08. The Labute approximate surface area is 152 Å². The van der Waals surface area contributed by atoms with Crippen molar-refractivity contribution in [2.45, 2.75) is 4.90 Å². The number of nitrogens with zero attached hydrogens (tertiary/aromatic N) is 2. The second-order valence-electron chi connectivity index (χ2n) is 6.05. The van der Waals surface area contributed by atoms with E-state index in [0.29, 0.717) is 13.1 Å². The Bertz CT molecular complexity index is 866. The average Bonchev–Trinajstić information content (AvgIpc) is 2.63. The quantitative estimate of drug-likeness (QED) is 0.862. The van der Waals surface area contributed by atoms with E-state index in [4.69, 9.17) is 0 Å². The molecule has 1 N–H and O–H groups in total. The number of para-hydroxylation sites is 1. The third kappa shape index (κ3) is 4.46. The van der Waals surface area contributed by atoms with Crippen LogP contribution < -0.4 is 5.32 Å². The summed E-state index contributed by atoms with van der Waals surface area (Å²) < 4.78 is 39.8. The van der Waals surface area contributed by atoms with Gasteiger partial charge in [-0.05, 0) is 30.3 Å². The van der Waals surface area contributed by atoms with Crippen molar-refractivity contribution in [3.8, 4) is 0 Å². The van der Waals surface area contributed by atoms with E-state index in [1.165, 1.54) is 22.5 Å². The second-order valence-corrected chi connectivity index (χ2v) is 7.99. The molecule has 0 aromatic heterocycles. The number of carbonyl (C=O) groups is 1. The van der Waals surface area contributed by atoms with Crippen LogP contribution >= 0.6 is 0 Å². The maximum atomic E-state index is 13.3. The van der Waals surface area contributed by atoms with Gasteiger partial charge in [-0.3, -0.25) is 9.69 Å². The van der Waals surface area contributed by atoms with Gasteiger partial charge < -0.3 is 5.32 Å². The van der Waals surface area contributed by atoms with Crippen LogP contribution in [0.1, 0.15) is 0 Å². The Morgan fingerprint density at radius 3 is 2.35 bits per heavy atom. The minimum absolute atomic E-state index is 0.0484. The molecule has 2 aromatic carbocycles. The molecule has 0 unspecified atom stereocenters. The number of benzene rings is 2. The fourth-order valence-electron chi connectivity index (χ4n) is 2.83. The molecule has 1 amide bonds. The number of hydrogen-bond donors (Lipinski definition) is 1. The van der Waals surface area contributed by atoms with E-state index in [9.17, 15) is 17.6 Å². The van der Waals surface area contributed by atoms with Crippen molar-refractivity contribution in [2.24, 2.45) is 0 Å². The van der Waals surface area contributed by atoms with Crippen LogP contribution in [0.2, 0.25) is 0 Å². The minimum atomic E-state index is -3.72. The standard InChI is InChI=1S/C18H20FN3O3S/c19-15-5-4-8-17(13-15)26(24,25)22-11-9-21(10-12-22)14-18(23)20-16-6-2-1-3-7-16/h1-8,13H,9-12,14H2,(H,20,23). The average molecular weight is 377 g/mol. The zero-order chi connectivity index (χ0) is 18.6. The van der Waals surface area contributed by atoms with Crippen molar-refractivity contribution < 1.29 is 17.6 Å². The lowest BCUT2D eigenvalue weighted by atomic mass is 10.3. The highest BCUT2D eigenvalue weighted by Crippen LogP contribution is 2.18. The molecule has 1 heterocycles. The molecule has 26 heavy (non-hydrogen) atoms. The van der Waals surface area contributed by atoms with Crippen LogP contribution in [-0.2, 0) is 14.8 Å². The van der Waals surface area contributed by atoms with Gasteiger partial charge in [-0.25, -0.2) is 12.8 Å². The molecule has 0 saturated carbocycles. The van der Waals surface area contributed by atoms with Gasteiger partial charge in [0.1, 0.15) is 5.82 Å². The van der Waals surface area contributed by atoms with E-state index in [-0.39, 0.29) is 30.4 Å². The van der Waals surface area contributed by atoms with Crippen LogP contribution in [0.25, 0.3) is 0 Å². The monoisotopic (exact) mass is 377 g/mol. The normalized spacial score (nSPS) is 16.3. The van der Waals surface area contributed by atoms with E-state index in [1.54, 1.807) is 12.1 Å². The molecule has 1 aliphatic heterocycles. The van der Waals surface area contributed by atoms with E-state index >= 15 is 0 Å². The summed E-state index contributed by atoms with van der Waals surface area (Å²) >= 11 is 0. The van der Waals surface area contributed by atoms with Crippen LogP contribution in [0.5, 0.6) is 0 Å². The summed E-state index contributed by atoms with van der Waals surface area (Å²) in [6, 6.07) is 14.2. The number of anilines is 1. The SMILES string of the molecule is O=C(CN1CCN(S(=O)(=O)c2cccc(F)c2)CC1)Nc1ccccc1. The summed E-state index contributed by atoms with van der Waals surface area (Å²) in [6.45, 7) is 1.60. The molecular formula is C18H20FN3O3S. The lowest BCUT2D eigenvalue weighted by Gasteiger charge is -2.33. The van der Waals surface area contributed by atoms with E-state index in [0.717, 1.165) is 11.8 Å². The minimum Gasteiger partial charge on any atom is -0.325 e. The maximum Gasteiger partial charge on any atom is 0.243 e. The first-order chi connectivity index (χ1) is 12.4. The Balaban J connectivity index is 1.55. The van der Waals surface area contributed by atoms with Gasteiger partial charge in [-0.1, -0.05) is 24.3 Å². The largest absolute Gasteiger partial charge is 0.325 e. The van der Waals surface area contributed by atoms with Gasteiger partial charge in [0.25, 0.3) is 0 Å². The number of amides is 1. The molecule has 0 atom stereocenters. The lowest BCUT2D eigenvalue weighted by Crippen LogP contribution is -2.50. The molecule has 1 saturated heterocycles. The van der Waals surface area contributed by atoms with Crippen molar-refractivity contribution in [1.82, 2.24) is 9.21 Å². The highest BCUT2D eigenvalue weighted by molar-refractivity contribution is 7.89. The van der Waals surface area contributed by atoms with Gasteiger partial charge in [0, 0.05) is 31.9 Å². The number of sulfonamides is 1. The van der Waals surface area contributed by atoms with Crippen LogP contribution in [0.15, 0.2) is 59.5 Å². The van der Waals surface area contributed by atoms with Gasteiger partial charge in [-0.15, -0.1) is 0 Å². The van der Waals surface area contributed by atoms with Crippen molar-refractivity contribution in [3.63, 3.8) is 0 Å². The van der Waals surface area contributed by atoms with Crippen LogP contribution in [-0.4, -0.2) is 56.3 Å². The van der Waals surface area contributed by atoms with Gasteiger partial charge in [-0.2, -0.15) is 4.31 Å². The first-order valence-corrected chi connectivity index (χ1v) is 9.72. The predicted molar refractivity (Wildman–Crippen MR) is 96.7 cm³/mol. The summed E-state index contributed by atoms with van der Waals surface area (Å²) in [5.41, 5.74) is 0.727. The molecule has 138 valence electrons. The van der Waals surface area contributed by atoms with Gasteiger partial charge in [0.05, 0.1) is 11.4 Å². The molecule has 2 aromatic rings. The molecule has 0 radical (unpaired) electrons. The predicted octanol–water partition coefficient (Wildman–Crippen LogP) is 1.77. The highest BCUT2D eigenvalue weighted by atomic mass is 32.2. The van der Waals surface area contributed by atoms with Crippen molar-refractivity contribution in [1.29, 1.82) is 0 Å². The highest BCUT2D eigenvalue weighted by Gasteiger charge is 2.29. The van der Waals surface area contributed by atoms with Gasteiger partial charge in [0.15, 0.2) is 0 Å². The summed E-state index contributed by atoms with van der Waals surface area (Å²) in [5, 5.41) is 2.81. The summed E-state index contributed by atoms with van der Waals surface area (Å²) in [7, 11) is -3.72. The molecule has 0 aliphatic carbocycles. The smallest absolute Gasteiger partial charge is 0.243 e. The first kappa shape index (κ1) is 18.5. The van der Waals surface area contributed by atoms with Crippen LogP contribution in [0.3, 0.4) is 0 Å². The van der Waals surface area contributed by atoms with E-state index < -0.39 is 15.8 Å². The Morgan fingerprint density at radius 2 is 1.69 bits per heavy atom. The van der Waals surface area contributed by atoms with Crippen molar-refractivity contribution in [2.75, 3.05) is 38.0 Å². The zero-order valence-electron chi connectivity index (χ0n) is 14.1. The number of carbonyl (C=O) groups excluding carboxylic acids is 1. The van der Waals surface area contributed by atoms with Crippen molar-refractivity contribution in [3.05, 3.63) is 60.4 Å². The Kier molecular flexibility index (Phi) is 5.65. The lowest BCUT2D eigenvalue weighted by molar-refractivity contribution is -0.117. The molecule has 6 nitrogen and oxygen atoms in total. The summed E-state index contributed by atoms with van der Waals surface area (Å²) in [5.74, 6) is -0.722. The second kappa shape index (κ2) is 7.94. The van der Waals surface area contributed by atoms with E-state index in [2.05, 4.69) is 5.32 Å². The van der Waals surface area contributed by atoms with Crippen LogP contribution in [0, 0.1) is 5.82 Å². The van der Waals surface area contributed by atoms with Gasteiger partial charge >= 0.3 is 0 Å². The first-order valence-electron chi connectivity index (χ1n) is 8.28. The maximum absolute atomic E-state index is 13.3. The number of nitrogens with one attached hydrogen (secondary N) is 1. The molecule has 8 heteroatoms. The Morgan fingerprint density at radius 1 is 1.00 bits per heavy atom. The molecule has 3 rings (SSSR count). The molecule has 1 fully saturated rings. The molecular weight excluding hydrogens is 357 g/mol. The number of piperazine rings is 1. The van der Waals surface area contributed by atoms with Crippen LogP contribution in [0.4, 0.5) is 10.1 Å². The van der Waals surface area contributed by atoms with Gasteiger partial charge in [0.2, 0.25) is 15.9 Å². The van der Waals surface area contributed by atoms with Crippen molar-refractivity contribution >= 4 is 21.6 Å². The zero-order valence-corrected chi connectivity index (χ0v) is 15.0. The molecule has 0 spiro atoms. The fraction of sp³-hybridized carbons (Fsp3) is 0.278. The fourth-order valence-corrected chi connectivity index (χ4v) is 4.28. The van der Waals surface area contributed by atoms with E-state index in [1.807, 2.05) is 23.1 Å². The Hall–Kier alpha value is -2.29. The number of hydrogen-bond acceptors (Lipinski definition) is 4. The summed E-state index contributed by atoms with van der Waals surface area (Å²) in [4.78, 5) is 13.9. The summed E-state index contributed by atoms with van der Waals surface area (Å²) in [6.07, 6.45) is 0. The molecule has 0 bridgehead atoms. The topological polar surface area (TPSA) is 69.7 Å². The molecule has 1 aliphatic rings. The number of rotatable bonds is 5. The third-order valence-electron chi connectivity index (χ3n) is 4.19.